The zero-order valence-electron chi connectivity index (χ0n) is 26.9. The van der Waals surface area contributed by atoms with Crippen LogP contribution in [0.25, 0.3) is 0 Å². The largest absolute Gasteiger partial charge is 0.480 e. The first-order valence-electron chi connectivity index (χ1n) is 15.2. The topological polar surface area (TPSA) is 176 Å². The van der Waals surface area contributed by atoms with Gasteiger partial charge in [0.1, 0.15) is 25.1 Å². The number of carbonyl (C=O) groups is 3. The standard InChI is InChI=1S/C33H41N5O8S/c1-21-10-11-29(34-15-21)35-16-26-14-27(18-38(26)33(42)46-19-25-8-6-5-7-9-25)45-20-30(39)36-17-28(32(40)41)37-47(43,44)31-23(3)12-22(2)13-24(31)4/h5-13,15,26-28,37H,14,16-20H2,1-4H3,(H,34,35)(H,36,39)(H,40,41)/t26-,27+,28-/m0/s1. The number of likely N-dealkylation sites (tertiary alicyclic amines) is 1. The third kappa shape index (κ3) is 9.98. The number of pyridine rings is 1. The molecule has 3 aromatic rings. The third-order valence-corrected chi connectivity index (χ3v) is 9.44. The summed E-state index contributed by atoms with van der Waals surface area (Å²) in [5, 5.41) is 15.4. The molecule has 2 aromatic carbocycles. The molecular formula is C33H41N5O8S. The lowest BCUT2D eigenvalue weighted by Crippen LogP contribution is -2.49. The second-order valence-electron chi connectivity index (χ2n) is 11.7. The minimum atomic E-state index is -4.20. The van der Waals surface area contributed by atoms with Crippen molar-refractivity contribution in [3.63, 3.8) is 0 Å². The highest BCUT2D eigenvalue weighted by atomic mass is 32.2. The number of carbonyl (C=O) groups excluding carboxylic acids is 2. The summed E-state index contributed by atoms with van der Waals surface area (Å²) in [7, 11) is -4.20. The van der Waals surface area contributed by atoms with Crippen LogP contribution in [0.2, 0.25) is 0 Å². The van der Waals surface area contributed by atoms with Crippen LogP contribution in [0, 0.1) is 27.7 Å². The Morgan fingerprint density at radius 2 is 1.72 bits per heavy atom. The number of anilines is 1. The van der Waals surface area contributed by atoms with Crippen LogP contribution in [0.15, 0.2) is 65.7 Å². The fraction of sp³-hybridized carbons (Fsp3) is 0.394. The number of sulfonamides is 1. The van der Waals surface area contributed by atoms with E-state index in [-0.39, 0.29) is 24.1 Å². The average molecular weight is 668 g/mol. The van der Waals surface area contributed by atoms with Crippen molar-refractivity contribution >= 4 is 33.8 Å². The lowest BCUT2D eigenvalue weighted by molar-refractivity contribution is -0.139. The van der Waals surface area contributed by atoms with Gasteiger partial charge in [0.2, 0.25) is 15.9 Å². The molecule has 0 bridgehead atoms. The van der Waals surface area contributed by atoms with Gasteiger partial charge in [-0.2, -0.15) is 4.72 Å². The van der Waals surface area contributed by atoms with Gasteiger partial charge in [0.15, 0.2) is 0 Å². The van der Waals surface area contributed by atoms with Crippen molar-refractivity contribution < 1.29 is 37.4 Å². The van der Waals surface area contributed by atoms with Crippen molar-refractivity contribution in [3.05, 3.63) is 88.6 Å². The summed E-state index contributed by atoms with van der Waals surface area (Å²) in [5.74, 6) is -1.44. The molecule has 1 aliphatic heterocycles. The molecule has 1 aliphatic rings. The molecule has 4 N–H and O–H groups in total. The summed E-state index contributed by atoms with van der Waals surface area (Å²) in [5.41, 5.74) is 3.69. The number of ether oxygens (including phenoxy) is 2. The molecule has 2 heterocycles. The lowest BCUT2D eigenvalue weighted by Gasteiger charge is -2.24. The number of carboxylic acid groups (broad SMARTS) is 1. The van der Waals surface area contributed by atoms with Crippen molar-refractivity contribution in [1.82, 2.24) is 19.9 Å². The fourth-order valence-corrected chi connectivity index (χ4v) is 7.13. The number of nitrogens with one attached hydrogen (secondary N) is 3. The van der Waals surface area contributed by atoms with E-state index in [1.54, 1.807) is 37.1 Å². The van der Waals surface area contributed by atoms with Crippen LogP contribution < -0.4 is 15.4 Å². The smallest absolute Gasteiger partial charge is 0.410 e. The number of hydrogen-bond donors (Lipinski definition) is 4. The number of aromatic nitrogens is 1. The van der Waals surface area contributed by atoms with E-state index in [9.17, 15) is 27.9 Å². The molecule has 1 saturated heterocycles. The Morgan fingerprint density at radius 3 is 2.36 bits per heavy atom. The van der Waals surface area contributed by atoms with Crippen LogP contribution in [-0.2, 0) is 35.7 Å². The van der Waals surface area contributed by atoms with Crippen LogP contribution in [0.4, 0.5) is 10.6 Å². The van der Waals surface area contributed by atoms with Crippen molar-refractivity contribution in [2.45, 2.75) is 63.8 Å². The van der Waals surface area contributed by atoms with E-state index < -0.39 is 53.3 Å². The Morgan fingerprint density at radius 1 is 1.02 bits per heavy atom. The maximum absolute atomic E-state index is 13.1. The average Bonchev–Trinajstić information content (AvgIpc) is 3.43. The van der Waals surface area contributed by atoms with Gasteiger partial charge in [-0.25, -0.2) is 18.2 Å². The van der Waals surface area contributed by atoms with Crippen molar-refractivity contribution in [3.8, 4) is 0 Å². The molecule has 3 atom stereocenters. The second kappa shape index (κ2) is 15.8. The summed E-state index contributed by atoms with van der Waals surface area (Å²) in [6.07, 6.45) is 1.10. The number of nitrogens with zero attached hydrogens (tertiary/aromatic N) is 2. The molecule has 0 unspecified atom stereocenters. The lowest BCUT2D eigenvalue weighted by atomic mass is 10.1. The zero-order chi connectivity index (χ0) is 34.1. The van der Waals surface area contributed by atoms with Gasteiger partial charge in [-0.1, -0.05) is 54.1 Å². The Bertz CT molecular complexity index is 1640. The second-order valence-corrected chi connectivity index (χ2v) is 13.3. The first-order chi connectivity index (χ1) is 22.3. The monoisotopic (exact) mass is 667 g/mol. The summed E-state index contributed by atoms with van der Waals surface area (Å²) in [6.45, 7) is 6.75. The maximum Gasteiger partial charge on any atom is 0.410 e. The summed E-state index contributed by atoms with van der Waals surface area (Å²) in [4.78, 5) is 43.6. The molecule has 252 valence electrons. The van der Waals surface area contributed by atoms with Gasteiger partial charge in [-0.15, -0.1) is 0 Å². The van der Waals surface area contributed by atoms with Crippen LogP contribution in [-0.4, -0.2) is 85.8 Å². The quantitative estimate of drug-likeness (QED) is 0.200. The number of hydrogen-bond acceptors (Lipinski definition) is 9. The van der Waals surface area contributed by atoms with Gasteiger partial charge in [0, 0.05) is 19.3 Å². The Labute approximate surface area is 274 Å². The number of benzene rings is 2. The van der Waals surface area contributed by atoms with E-state index in [2.05, 4.69) is 20.3 Å². The highest BCUT2D eigenvalue weighted by molar-refractivity contribution is 7.89. The molecule has 1 fully saturated rings. The highest BCUT2D eigenvalue weighted by Gasteiger charge is 2.37. The SMILES string of the molecule is Cc1ccc(NC[C@@H]2C[C@@H](OCC(=O)NC[C@H](NS(=O)(=O)c3c(C)cc(C)cc3C)C(=O)O)CN2C(=O)OCc2ccccc2)nc1. The number of carboxylic acids is 1. The normalized spacial score (nSPS) is 16.8. The molecule has 47 heavy (non-hydrogen) atoms. The third-order valence-electron chi connectivity index (χ3n) is 7.67. The highest BCUT2D eigenvalue weighted by Crippen LogP contribution is 2.24. The number of aryl methyl sites for hydroxylation is 4. The van der Waals surface area contributed by atoms with Crippen LogP contribution in [0.3, 0.4) is 0 Å². The molecule has 0 saturated carbocycles. The van der Waals surface area contributed by atoms with E-state index in [1.807, 2.05) is 56.3 Å². The molecule has 13 nitrogen and oxygen atoms in total. The van der Waals surface area contributed by atoms with Gasteiger partial charge in [0.25, 0.3) is 0 Å². The van der Waals surface area contributed by atoms with Crippen LogP contribution in [0.1, 0.15) is 34.2 Å². The van der Waals surface area contributed by atoms with Crippen LogP contribution in [0.5, 0.6) is 0 Å². The van der Waals surface area contributed by atoms with Gasteiger partial charge in [-0.3, -0.25) is 9.59 Å². The number of aliphatic carboxylic acids is 1. The van der Waals surface area contributed by atoms with Gasteiger partial charge in [0.05, 0.1) is 23.6 Å². The van der Waals surface area contributed by atoms with Crippen molar-refractivity contribution in [2.24, 2.45) is 0 Å². The Kier molecular flexibility index (Phi) is 11.9. The minimum absolute atomic E-state index is 0.000652. The van der Waals surface area contributed by atoms with Crippen molar-refractivity contribution in [2.75, 3.05) is 31.6 Å². The predicted molar refractivity (Wildman–Crippen MR) is 174 cm³/mol. The molecule has 0 aliphatic carbocycles. The van der Waals surface area contributed by atoms with Gasteiger partial charge in [-0.05, 0) is 62.4 Å². The molecular weight excluding hydrogens is 626 g/mol. The zero-order valence-corrected chi connectivity index (χ0v) is 27.7. The molecule has 14 heteroatoms. The molecule has 0 spiro atoms. The Balaban J connectivity index is 1.33. The number of rotatable bonds is 14. The molecule has 4 rings (SSSR count). The summed E-state index contributed by atoms with van der Waals surface area (Å²) in [6, 6.07) is 14.5. The van der Waals surface area contributed by atoms with Gasteiger partial charge < -0.3 is 30.1 Å². The summed E-state index contributed by atoms with van der Waals surface area (Å²) < 4.78 is 39.7. The predicted octanol–water partition coefficient (Wildman–Crippen LogP) is 3.07. The van der Waals surface area contributed by atoms with E-state index >= 15 is 0 Å². The van der Waals surface area contributed by atoms with Gasteiger partial charge >= 0.3 is 12.1 Å². The van der Waals surface area contributed by atoms with E-state index in [4.69, 9.17) is 9.47 Å². The molecule has 0 radical (unpaired) electrons. The fourth-order valence-electron chi connectivity index (χ4n) is 5.49. The minimum Gasteiger partial charge on any atom is -0.480 e. The van der Waals surface area contributed by atoms with E-state index in [0.717, 1.165) is 16.7 Å². The molecule has 1 aromatic heterocycles. The van der Waals surface area contributed by atoms with E-state index in [0.29, 0.717) is 29.9 Å². The summed E-state index contributed by atoms with van der Waals surface area (Å²) >= 11 is 0. The van der Waals surface area contributed by atoms with E-state index in [1.165, 1.54) is 0 Å². The molecule has 2 amide bonds. The first kappa shape index (κ1) is 35.3. The maximum atomic E-state index is 13.1. The Hall–Kier alpha value is -4.53. The van der Waals surface area contributed by atoms with Crippen molar-refractivity contribution in [1.29, 1.82) is 0 Å². The number of amides is 2. The first-order valence-corrected chi connectivity index (χ1v) is 16.7. The van der Waals surface area contributed by atoms with Crippen LogP contribution >= 0.6 is 0 Å².